The molecule has 0 aliphatic carbocycles. The van der Waals surface area contributed by atoms with E-state index in [1.54, 1.807) is 51.1 Å². The van der Waals surface area contributed by atoms with Gasteiger partial charge in [-0.2, -0.15) is 5.10 Å². The molecule has 0 spiro atoms. The lowest BCUT2D eigenvalue weighted by atomic mass is 10.0. The maximum Gasteiger partial charge on any atom is 0.411 e. The van der Waals surface area contributed by atoms with Gasteiger partial charge in [0.15, 0.2) is 5.15 Å². The van der Waals surface area contributed by atoms with Gasteiger partial charge in [-0.1, -0.05) is 23.7 Å². The van der Waals surface area contributed by atoms with Crippen molar-refractivity contribution in [2.45, 2.75) is 38.8 Å². The van der Waals surface area contributed by atoms with E-state index in [2.05, 4.69) is 32.1 Å². The van der Waals surface area contributed by atoms with Crippen molar-refractivity contribution in [1.82, 2.24) is 15.5 Å². The Bertz CT molecular complexity index is 975. The summed E-state index contributed by atoms with van der Waals surface area (Å²) in [6, 6.07) is 6.08. The minimum absolute atomic E-state index is 0.138. The summed E-state index contributed by atoms with van der Waals surface area (Å²) in [4.78, 5) is 23.6. The van der Waals surface area contributed by atoms with Gasteiger partial charge in [0.1, 0.15) is 5.60 Å². The third-order valence-electron chi connectivity index (χ3n) is 3.99. The number of amides is 2. The van der Waals surface area contributed by atoms with Gasteiger partial charge < -0.3 is 20.5 Å². The number of benzene rings is 1. The number of methoxy groups -OCH3 is 1. The number of anilines is 2. The predicted molar refractivity (Wildman–Crippen MR) is 120 cm³/mol. The van der Waals surface area contributed by atoms with E-state index in [4.69, 9.17) is 22.1 Å². The van der Waals surface area contributed by atoms with Gasteiger partial charge in [-0.25, -0.2) is 9.59 Å². The van der Waals surface area contributed by atoms with Crippen LogP contribution in [0.5, 0.6) is 0 Å². The molecule has 10 heteroatoms. The average molecular weight is 448 g/mol. The summed E-state index contributed by atoms with van der Waals surface area (Å²) in [5.74, 6) is 0. The third-order valence-corrected chi connectivity index (χ3v) is 4.27. The van der Waals surface area contributed by atoms with Crippen LogP contribution in [0.15, 0.2) is 36.9 Å². The van der Waals surface area contributed by atoms with Crippen molar-refractivity contribution in [2.75, 3.05) is 18.2 Å². The average Bonchev–Trinajstić information content (AvgIpc) is 2.67. The standard InChI is InChI=1S/C21H26ClN5O4/c1-6-7-16(25-20(29)31-21(2,3)4)17-11-14(18(22)27-26-17)13-9-8-12(10-15(13)23)24-19(28)30-5/h6,8-11,16H,1,7,23H2,2-5H3,(H,24,28)(H,25,29)/t16-/m0/s1. The van der Waals surface area contributed by atoms with Crippen LogP contribution in [0.2, 0.25) is 5.15 Å². The quantitative estimate of drug-likeness (QED) is 0.432. The van der Waals surface area contributed by atoms with Gasteiger partial charge >= 0.3 is 12.2 Å². The van der Waals surface area contributed by atoms with Crippen molar-refractivity contribution in [3.8, 4) is 11.1 Å². The second-order valence-electron chi connectivity index (χ2n) is 7.62. The molecule has 2 rings (SSSR count). The number of carbonyl (C=O) groups is 2. The van der Waals surface area contributed by atoms with Crippen molar-refractivity contribution in [2.24, 2.45) is 0 Å². The fourth-order valence-corrected chi connectivity index (χ4v) is 2.87. The van der Waals surface area contributed by atoms with Crippen LogP contribution in [0.3, 0.4) is 0 Å². The van der Waals surface area contributed by atoms with Crippen LogP contribution in [0, 0.1) is 0 Å². The molecule has 1 aromatic carbocycles. The lowest BCUT2D eigenvalue weighted by molar-refractivity contribution is 0.0502. The van der Waals surface area contributed by atoms with E-state index in [-0.39, 0.29) is 5.15 Å². The van der Waals surface area contributed by atoms with E-state index in [9.17, 15) is 9.59 Å². The lowest BCUT2D eigenvalue weighted by Crippen LogP contribution is -2.35. The SMILES string of the molecule is C=CC[C@H](NC(=O)OC(C)(C)C)c1cc(-c2ccc(NC(=O)OC)cc2N)c(Cl)nn1. The molecule has 1 atom stereocenters. The Balaban J connectivity index is 2.36. The Kier molecular flexibility index (Phi) is 7.82. The molecule has 0 saturated carbocycles. The number of hydrogen-bond donors (Lipinski definition) is 3. The first kappa shape index (κ1) is 23.9. The number of aromatic nitrogens is 2. The highest BCUT2D eigenvalue weighted by atomic mass is 35.5. The summed E-state index contributed by atoms with van der Waals surface area (Å²) in [5, 5.41) is 13.6. The highest BCUT2D eigenvalue weighted by Crippen LogP contribution is 2.34. The number of hydrogen-bond acceptors (Lipinski definition) is 7. The summed E-state index contributed by atoms with van der Waals surface area (Å²) in [5.41, 5.74) is 7.91. The Morgan fingerprint density at radius 3 is 2.52 bits per heavy atom. The molecule has 166 valence electrons. The number of nitrogens with two attached hydrogens (primary N) is 1. The fourth-order valence-electron chi connectivity index (χ4n) is 2.68. The second kappa shape index (κ2) is 10.1. The van der Waals surface area contributed by atoms with Crippen LogP contribution in [-0.4, -0.2) is 35.1 Å². The highest BCUT2D eigenvalue weighted by molar-refractivity contribution is 6.32. The minimum Gasteiger partial charge on any atom is -0.453 e. The number of carbonyl (C=O) groups excluding carboxylic acids is 2. The monoisotopic (exact) mass is 447 g/mol. The number of ether oxygens (including phenoxy) is 2. The van der Waals surface area contributed by atoms with Gasteiger partial charge in [-0.05, 0) is 45.4 Å². The Labute approximate surface area is 186 Å². The minimum atomic E-state index is -0.645. The predicted octanol–water partition coefficient (Wildman–Crippen LogP) is 4.70. The molecule has 2 aromatic rings. The van der Waals surface area contributed by atoms with Crippen LogP contribution < -0.4 is 16.4 Å². The molecule has 9 nitrogen and oxygen atoms in total. The zero-order valence-electron chi connectivity index (χ0n) is 17.9. The molecular weight excluding hydrogens is 422 g/mol. The summed E-state index contributed by atoms with van der Waals surface area (Å²) in [6.45, 7) is 9.05. The van der Waals surface area contributed by atoms with E-state index in [0.29, 0.717) is 34.6 Å². The second-order valence-corrected chi connectivity index (χ2v) is 7.97. The number of rotatable bonds is 6. The first-order valence-corrected chi connectivity index (χ1v) is 9.80. The molecule has 0 fully saturated rings. The summed E-state index contributed by atoms with van der Waals surface area (Å²) >= 11 is 6.27. The van der Waals surface area contributed by atoms with Crippen LogP contribution in [0.4, 0.5) is 21.0 Å². The number of alkyl carbamates (subject to hydrolysis) is 1. The topological polar surface area (TPSA) is 128 Å². The normalized spacial score (nSPS) is 11.9. The van der Waals surface area contributed by atoms with Gasteiger partial charge in [-0.3, -0.25) is 5.32 Å². The molecule has 0 radical (unpaired) electrons. The van der Waals surface area contributed by atoms with E-state index < -0.39 is 23.8 Å². The molecular formula is C21H26ClN5O4. The molecule has 31 heavy (non-hydrogen) atoms. The van der Waals surface area contributed by atoms with Crippen molar-refractivity contribution in [1.29, 1.82) is 0 Å². The van der Waals surface area contributed by atoms with Crippen LogP contribution >= 0.6 is 11.6 Å². The Hall–Kier alpha value is -3.33. The Morgan fingerprint density at radius 2 is 1.94 bits per heavy atom. The molecule has 0 unspecified atom stereocenters. The van der Waals surface area contributed by atoms with Crippen molar-refractivity contribution < 1.29 is 19.1 Å². The van der Waals surface area contributed by atoms with Crippen molar-refractivity contribution in [3.05, 3.63) is 47.8 Å². The lowest BCUT2D eigenvalue weighted by Gasteiger charge is -2.23. The zero-order chi connectivity index (χ0) is 23.2. The van der Waals surface area contributed by atoms with Gasteiger partial charge in [0, 0.05) is 22.5 Å². The highest BCUT2D eigenvalue weighted by Gasteiger charge is 2.22. The fraction of sp³-hybridized carbons (Fsp3) is 0.333. The van der Waals surface area contributed by atoms with Gasteiger partial charge in [0.2, 0.25) is 0 Å². The van der Waals surface area contributed by atoms with Crippen LogP contribution in [0.25, 0.3) is 11.1 Å². The van der Waals surface area contributed by atoms with Crippen molar-refractivity contribution in [3.63, 3.8) is 0 Å². The van der Waals surface area contributed by atoms with E-state index in [0.717, 1.165) is 0 Å². The van der Waals surface area contributed by atoms with Gasteiger partial charge in [-0.15, -0.1) is 11.7 Å². The first-order chi connectivity index (χ1) is 14.5. The van der Waals surface area contributed by atoms with Crippen LogP contribution in [-0.2, 0) is 9.47 Å². The number of nitrogens with one attached hydrogen (secondary N) is 2. The molecule has 0 aliphatic heterocycles. The van der Waals surface area contributed by atoms with Gasteiger partial charge in [0.25, 0.3) is 0 Å². The maximum atomic E-state index is 12.2. The van der Waals surface area contributed by atoms with Gasteiger partial charge in [0.05, 0.1) is 18.8 Å². The summed E-state index contributed by atoms with van der Waals surface area (Å²) < 4.78 is 9.90. The largest absolute Gasteiger partial charge is 0.453 e. The molecule has 0 saturated heterocycles. The molecule has 1 aromatic heterocycles. The summed E-state index contributed by atoms with van der Waals surface area (Å²) in [7, 11) is 1.27. The zero-order valence-corrected chi connectivity index (χ0v) is 18.6. The van der Waals surface area contributed by atoms with Crippen LogP contribution in [0.1, 0.15) is 38.9 Å². The summed E-state index contributed by atoms with van der Waals surface area (Å²) in [6.07, 6.45) is 0.848. The van der Waals surface area contributed by atoms with E-state index >= 15 is 0 Å². The molecule has 0 aliphatic rings. The molecule has 0 bridgehead atoms. The molecule has 1 heterocycles. The number of halogens is 1. The number of nitrogens with zero attached hydrogens (tertiary/aromatic N) is 2. The third kappa shape index (κ3) is 6.85. The molecule has 4 N–H and O–H groups in total. The Morgan fingerprint density at radius 1 is 1.23 bits per heavy atom. The molecule has 2 amide bonds. The van der Waals surface area contributed by atoms with E-state index in [1.165, 1.54) is 7.11 Å². The van der Waals surface area contributed by atoms with Crippen molar-refractivity contribution >= 4 is 35.2 Å². The smallest absolute Gasteiger partial charge is 0.411 e. The maximum absolute atomic E-state index is 12.2. The van der Waals surface area contributed by atoms with E-state index in [1.807, 2.05) is 0 Å². The first-order valence-electron chi connectivity index (χ1n) is 9.42. The number of nitrogen functional groups attached to an aromatic ring is 1.